The van der Waals surface area contributed by atoms with E-state index in [-0.39, 0.29) is 51.4 Å². The zero-order valence-corrected chi connectivity index (χ0v) is 12.2. The summed E-state index contributed by atoms with van der Waals surface area (Å²) in [5.41, 5.74) is 0. The van der Waals surface area contributed by atoms with Gasteiger partial charge in [0.05, 0.1) is 0 Å². The van der Waals surface area contributed by atoms with E-state index in [4.69, 9.17) is 46.0 Å². The van der Waals surface area contributed by atoms with Crippen molar-refractivity contribution in [3.05, 3.63) is 0 Å². The molecule has 61 valence electrons. The van der Waals surface area contributed by atoms with Gasteiger partial charge < -0.3 is 0 Å². The van der Waals surface area contributed by atoms with Crippen molar-refractivity contribution in [3.8, 4) is 0 Å². The summed E-state index contributed by atoms with van der Waals surface area (Å²) in [7, 11) is 14.7. The van der Waals surface area contributed by atoms with Crippen molar-refractivity contribution in [1.29, 1.82) is 0 Å². The number of hydrogen-bond donors (Lipinski definition) is 0. The minimum atomic E-state index is -5.62. The molecule has 0 aliphatic rings. The van der Waals surface area contributed by atoms with E-state index in [1.165, 1.54) is 0 Å². The molecule has 0 N–H and O–H groups in total. The monoisotopic (exact) mass is 319 g/mol. The third-order valence-corrected chi connectivity index (χ3v) is 0. The van der Waals surface area contributed by atoms with Gasteiger partial charge >= 0.3 is 122 Å². The van der Waals surface area contributed by atoms with Gasteiger partial charge in [0.2, 0.25) is 0 Å². The van der Waals surface area contributed by atoms with Crippen LogP contribution in [0.15, 0.2) is 0 Å². The van der Waals surface area contributed by atoms with Crippen LogP contribution in [0.25, 0.3) is 0 Å². The molecule has 0 atom stereocenters. The molecule has 0 spiro atoms. The third kappa shape index (κ3) is 127. The maximum atomic E-state index is 8.58. The van der Waals surface area contributed by atoms with E-state index in [1.54, 1.807) is 0 Å². The van der Waals surface area contributed by atoms with Crippen LogP contribution in [-0.4, -0.2) is 0 Å². The van der Waals surface area contributed by atoms with Gasteiger partial charge in [-0.05, 0) is 0 Å². The summed E-state index contributed by atoms with van der Waals surface area (Å²) in [5, 5.41) is 0. The van der Waals surface area contributed by atoms with E-state index >= 15 is 0 Å². The Bertz CT molecular complexity index is 173. The average Bonchev–Trinajstić information content (AvgIpc) is 1.19. The summed E-state index contributed by atoms with van der Waals surface area (Å²) in [6.07, 6.45) is 0. The molecule has 4 nitrogen and oxygen atoms in total. The van der Waals surface area contributed by atoms with Gasteiger partial charge in [-0.25, -0.2) is 0 Å². The summed E-state index contributed by atoms with van der Waals surface area (Å²) < 4.78 is 34.3. The second kappa shape index (κ2) is 9.99. The first-order valence-corrected chi connectivity index (χ1v) is 7.50. The second-order valence-corrected chi connectivity index (χ2v) is 7.18. The van der Waals surface area contributed by atoms with Crippen LogP contribution in [0, 0.1) is 0 Å². The Morgan fingerprint density at radius 3 is 1.10 bits per heavy atom. The summed E-state index contributed by atoms with van der Waals surface area (Å²) in [6.45, 7) is 0. The molecule has 0 fully saturated rings. The fraction of sp³-hybridized carbons (Fsp3) is 0. The minimum absolute atomic E-state index is 0. The fourth-order valence-corrected chi connectivity index (χ4v) is 0. The standard InChI is InChI=1S/3ClH.Fe.K.Mn.4O/h3*1H;;;;;;;/q;;;+3;+1;;;;;-1/p-3. The van der Waals surface area contributed by atoms with Gasteiger partial charge in [0, 0.05) is 0 Å². The van der Waals surface area contributed by atoms with Gasteiger partial charge in [-0.2, -0.15) is 0 Å². The van der Waals surface area contributed by atoms with Crippen molar-refractivity contribution in [2.45, 2.75) is 0 Å². The molecule has 0 saturated heterocycles. The van der Waals surface area contributed by atoms with Crippen molar-refractivity contribution in [2.24, 2.45) is 0 Å². The second-order valence-electron chi connectivity index (χ2n) is 0.529. The Morgan fingerprint density at radius 1 is 1.10 bits per heavy atom. The van der Waals surface area contributed by atoms with Gasteiger partial charge in [-0.1, -0.05) is 0 Å². The van der Waals surface area contributed by atoms with Crippen LogP contribution < -0.4 is 55.6 Å². The van der Waals surface area contributed by atoms with Gasteiger partial charge in [0.25, 0.3) is 0 Å². The fourth-order valence-electron chi connectivity index (χ4n) is 0. The van der Waals surface area contributed by atoms with E-state index in [0.717, 1.165) is 0 Å². The quantitative estimate of drug-likeness (QED) is 0.463. The van der Waals surface area contributed by atoms with Crippen LogP contribution in [0.5, 0.6) is 0 Å². The number of hydrogen-bond acceptors (Lipinski definition) is 4. The van der Waals surface area contributed by atoms with Crippen LogP contribution >= 0.6 is 30.3 Å². The summed E-state index contributed by atoms with van der Waals surface area (Å²) in [5.74, 6) is 0. The van der Waals surface area contributed by atoms with Gasteiger partial charge in [-0.15, -0.1) is 0 Å². The van der Waals surface area contributed by atoms with Crippen LogP contribution in [0.2, 0.25) is 0 Å². The molecule has 0 aromatic rings. The summed E-state index contributed by atoms with van der Waals surface area (Å²) in [4.78, 5) is 0. The molecule has 0 amide bonds. The molecular formula is Cl3FeKMnO4. The molecule has 0 heterocycles. The zero-order valence-electron chi connectivity index (χ0n) is 4.50. The average molecular weight is 320 g/mol. The van der Waals surface area contributed by atoms with Crippen molar-refractivity contribution in [2.75, 3.05) is 0 Å². The molecule has 10 heteroatoms. The normalized spacial score (nSPS) is 10.2. The first-order valence-electron chi connectivity index (χ1n) is 1.02. The van der Waals surface area contributed by atoms with Crippen LogP contribution in [0.4, 0.5) is 0 Å². The van der Waals surface area contributed by atoms with Gasteiger partial charge in [0.1, 0.15) is 0 Å². The van der Waals surface area contributed by atoms with E-state index in [2.05, 4.69) is 0 Å². The topological polar surface area (TPSA) is 74.3 Å². The number of halogens is 3. The van der Waals surface area contributed by atoms with Crippen LogP contribution in [0.3, 0.4) is 0 Å². The SMILES string of the molecule is [Cl][Fe]([Cl])[Cl].[K+].[O]=[Mn](=[O])(=[O])[O-]. The first kappa shape index (κ1) is 18.6. The molecular weight excluding hydrogens is 320 g/mol. The van der Waals surface area contributed by atoms with Gasteiger partial charge in [0.15, 0.2) is 0 Å². The predicted molar refractivity (Wildman–Crippen MR) is 19.6 cm³/mol. The Morgan fingerprint density at radius 2 is 1.10 bits per heavy atom. The molecule has 0 unspecified atom stereocenters. The van der Waals surface area contributed by atoms with E-state index in [1.807, 2.05) is 0 Å². The number of rotatable bonds is 0. The first-order chi connectivity index (χ1) is 3.73. The Hall–Kier alpha value is 2.91. The van der Waals surface area contributed by atoms with E-state index < -0.39 is 24.1 Å². The molecule has 0 aliphatic heterocycles. The molecule has 10 heavy (non-hydrogen) atoms. The Balaban J connectivity index is -0.0000000910. The van der Waals surface area contributed by atoms with E-state index in [0.29, 0.717) is 0 Å². The predicted octanol–water partition coefficient (Wildman–Crippen LogP) is -2.48. The third-order valence-electron chi connectivity index (χ3n) is 0. The van der Waals surface area contributed by atoms with Gasteiger partial charge in [-0.3, -0.25) is 0 Å². The zero-order chi connectivity index (χ0) is 8.08. The molecule has 0 aromatic heterocycles. The molecule has 0 aromatic carbocycles. The van der Waals surface area contributed by atoms with Crippen molar-refractivity contribution in [3.63, 3.8) is 0 Å². The Labute approximate surface area is 119 Å². The van der Waals surface area contributed by atoms with Crippen LogP contribution in [-0.2, 0) is 35.6 Å². The molecule has 0 rings (SSSR count). The van der Waals surface area contributed by atoms with Crippen molar-refractivity contribution >= 4 is 30.3 Å². The summed E-state index contributed by atoms with van der Waals surface area (Å²) >= 11 is -6.96. The van der Waals surface area contributed by atoms with E-state index in [9.17, 15) is 0 Å². The molecule has 0 aliphatic carbocycles. The maximum absolute atomic E-state index is 8.58. The molecule has 0 bridgehead atoms. The molecule has 0 radical (unpaired) electrons. The van der Waals surface area contributed by atoms with Crippen molar-refractivity contribution in [1.82, 2.24) is 0 Å². The summed E-state index contributed by atoms with van der Waals surface area (Å²) in [6, 6.07) is 0. The molecule has 0 saturated carbocycles. The Kier molecular flexibility index (Phi) is 18.6. The van der Waals surface area contributed by atoms with Crippen LogP contribution in [0.1, 0.15) is 0 Å². The van der Waals surface area contributed by atoms with Crippen molar-refractivity contribution < 1.29 is 91.2 Å².